The first-order valence-corrected chi connectivity index (χ1v) is 9.61. The highest BCUT2D eigenvalue weighted by Crippen LogP contribution is 2.30. The minimum atomic E-state index is 0.831. The van der Waals surface area contributed by atoms with E-state index in [1.165, 1.54) is 32.1 Å². The highest BCUT2D eigenvalue weighted by Gasteiger charge is 2.18. The lowest BCUT2D eigenvalue weighted by Crippen LogP contribution is -2.39. The molecule has 1 aromatic heterocycles. The van der Waals surface area contributed by atoms with Gasteiger partial charge in [0.05, 0.1) is 0 Å². The van der Waals surface area contributed by atoms with Gasteiger partial charge in [-0.25, -0.2) is 0 Å². The fourth-order valence-electron chi connectivity index (χ4n) is 3.56. The fourth-order valence-corrected chi connectivity index (χ4v) is 3.56. The molecule has 24 heavy (non-hydrogen) atoms. The topological polar surface area (TPSA) is 67.1 Å². The molecule has 2 atom stereocenters. The van der Waals surface area contributed by atoms with E-state index in [9.17, 15) is 0 Å². The number of aromatic nitrogens is 3. The van der Waals surface area contributed by atoms with Crippen molar-refractivity contribution in [3.05, 3.63) is 12.2 Å². The molecule has 0 amide bonds. The number of rotatable bonds is 8. The average molecular weight is 335 g/mol. The summed E-state index contributed by atoms with van der Waals surface area (Å²) < 4.78 is 2.10. The summed E-state index contributed by atoms with van der Waals surface area (Å²) in [4.78, 5) is 4.75. The van der Waals surface area contributed by atoms with Gasteiger partial charge >= 0.3 is 0 Å². The molecule has 1 aromatic rings. The second kappa shape index (κ2) is 10.3. The van der Waals surface area contributed by atoms with Crippen LogP contribution in [0.5, 0.6) is 0 Å². The van der Waals surface area contributed by atoms with E-state index in [0.29, 0.717) is 0 Å². The predicted octanol–water partition coefficient (Wildman–Crippen LogP) is 2.61. The monoisotopic (exact) mass is 334 g/mol. The molecule has 0 saturated heterocycles. The molecule has 2 unspecified atom stereocenters. The molecule has 0 radical (unpaired) electrons. The molecule has 0 aliphatic heterocycles. The van der Waals surface area contributed by atoms with Gasteiger partial charge in [0.1, 0.15) is 12.2 Å². The molecule has 6 nitrogen and oxygen atoms in total. The first-order valence-electron chi connectivity index (χ1n) is 9.61. The van der Waals surface area contributed by atoms with E-state index in [1.807, 2.05) is 0 Å². The number of hydrogen-bond donors (Lipinski definition) is 2. The Kier molecular flexibility index (Phi) is 8.05. The zero-order valence-corrected chi connectivity index (χ0v) is 15.6. The SMILES string of the molecule is CCNC(=NCCC1CCCC(C)C1)NCCn1cnnc1CC. The average Bonchev–Trinajstić information content (AvgIpc) is 3.02. The summed E-state index contributed by atoms with van der Waals surface area (Å²) in [5.74, 6) is 3.72. The Balaban J connectivity index is 1.73. The molecule has 2 N–H and O–H groups in total. The van der Waals surface area contributed by atoms with Crippen molar-refractivity contribution in [1.82, 2.24) is 25.4 Å². The van der Waals surface area contributed by atoms with E-state index in [1.54, 1.807) is 6.33 Å². The minimum absolute atomic E-state index is 0.831. The van der Waals surface area contributed by atoms with Gasteiger partial charge in [0, 0.05) is 32.6 Å². The highest BCUT2D eigenvalue weighted by atomic mass is 15.3. The van der Waals surface area contributed by atoms with Gasteiger partial charge in [-0.2, -0.15) is 0 Å². The lowest BCUT2D eigenvalue weighted by molar-refractivity contribution is 0.272. The molecule has 136 valence electrons. The number of guanidine groups is 1. The Hall–Kier alpha value is -1.59. The number of nitrogens with zero attached hydrogens (tertiary/aromatic N) is 4. The fraction of sp³-hybridized carbons (Fsp3) is 0.833. The van der Waals surface area contributed by atoms with Crippen LogP contribution in [0.4, 0.5) is 0 Å². The third-order valence-electron chi connectivity index (χ3n) is 4.85. The predicted molar refractivity (Wildman–Crippen MR) is 99.1 cm³/mol. The van der Waals surface area contributed by atoms with Crippen LogP contribution < -0.4 is 10.6 Å². The minimum Gasteiger partial charge on any atom is -0.357 e. The number of aliphatic imine (C=N–C) groups is 1. The second-order valence-electron chi connectivity index (χ2n) is 6.91. The van der Waals surface area contributed by atoms with Crippen molar-refractivity contribution in [3.63, 3.8) is 0 Å². The Bertz CT molecular complexity index is 495. The lowest BCUT2D eigenvalue weighted by Gasteiger charge is -2.26. The molecule has 0 spiro atoms. The maximum absolute atomic E-state index is 4.75. The summed E-state index contributed by atoms with van der Waals surface area (Å²) in [6.07, 6.45) is 9.50. The quantitative estimate of drug-likeness (QED) is 0.566. The van der Waals surface area contributed by atoms with Crippen molar-refractivity contribution >= 4 is 5.96 Å². The van der Waals surface area contributed by atoms with E-state index in [0.717, 1.165) is 56.2 Å². The third-order valence-corrected chi connectivity index (χ3v) is 4.85. The number of hydrogen-bond acceptors (Lipinski definition) is 3. The Morgan fingerprint density at radius 3 is 2.96 bits per heavy atom. The van der Waals surface area contributed by atoms with Gasteiger partial charge in [0.25, 0.3) is 0 Å². The largest absolute Gasteiger partial charge is 0.357 e. The van der Waals surface area contributed by atoms with Crippen LogP contribution in [0.25, 0.3) is 0 Å². The van der Waals surface area contributed by atoms with Crippen molar-refractivity contribution in [2.45, 2.75) is 65.8 Å². The van der Waals surface area contributed by atoms with Crippen LogP contribution in [0.15, 0.2) is 11.3 Å². The van der Waals surface area contributed by atoms with Gasteiger partial charge in [0.15, 0.2) is 5.96 Å². The summed E-state index contributed by atoms with van der Waals surface area (Å²) in [6.45, 7) is 10.1. The van der Waals surface area contributed by atoms with E-state index < -0.39 is 0 Å². The first-order chi connectivity index (χ1) is 11.7. The standard InChI is InChI=1S/C18H34N6/c1-4-17-23-22-14-24(17)12-11-21-18(19-5-2)20-10-9-16-8-6-7-15(3)13-16/h14-16H,4-13H2,1-3H3,(H2,19,20,21). The van der Waals surface area contributed by atoms with Crippen LogP contribution in [-0.4, -0.2) is 40.4 Å². The van der Waals surface area contributed by atoms with Crippen molar-refractivity contribution in [3.8, 4) is 0 Å². The smallest absolute Gasteiger partial charge is 0.191 e. The Morgan fingerprint density at radius 2 is 2.21 bits per heavy atom. The van der Waals surface area contributed by atoms with Gasteiger partial charge in [-0.15, -0.1) is 10.2 Å². The van der Waals surface area contributed by atoms with Gasteiger partial charge < -0.3 is 15.2 Å². The van der Waals surface area contributed by atoms with Gasteiger partial charge in [0.2, 0.25) is 0 Å². The maximum atomic E-state index is 4.75. The van der Waals surface area contributed by atoms with E-state index >= 15 is 0 Å². The normalized spacial score (nSPS) is 21.7. The molecule has 1 aliphatic carbocycles. The van der Waals surface area contributed by atoms with Crippen LogP contribution in [0, 0.1) is 11.8 Å². The summed E-state index contributed by atoms with van der Waals surface area (Å²) in [5.41, 5.74) is 0. The summed E-state index contributed by atoms with van der Waals surface area (Å²) in [6, 6.07) is 0. The van der Waals surface area contributed by atoms with E-state index in [4.69, 9.17) is 4.99 Å². The summed E-state index contributed by atoms with van der Waals surface area (Å²) in [5, 5.41) is 14.8. The number of nitrogens with one attached hydrogen (secondary N) is 2. The molecule has 0 aromatic carbocycles. The zero-order valence-electron chi connectivity index (χ0n) is 15.6. The second-order valence-corrected chi connectivity index (χ2v) is 6.91. The van der Waals surface area contributed by atoms with Crippen LogP contribution in [0.3, 0.4) is 0 Å². The lowest BCUT2D eigenvalue weighted by atomic mass is 9.81. The van der Waals surface area contributed by atoms with E-state index in [-0.39, 0.29) is 0 Å². The first kappa shape index (κ1) is 18.7. The third kappa shape index (κ3) is 6.13. The van der Waals surface area contributed by atoms with Crippen molar-refractivity contribution in [2.24, 2.45) is 16.8 Å². The van der Waals surface area contributed by atoms with Crippen LogP contribution in [0.2, 0.25) is 0 Å². The zero-order chi connectivity index (χ0) is 17.2. The molecule has 1 fully saturated rings. The molecular formula is C18H34N6. The molecule has 1 aliphatic rings. The molecular weight excluding hydrogens is 300 g/mol. The summed E-state index contributed by atoms with van der Waals surface area (Å²) in [7, 11) is 0. The van der Waals surface area contributed by atoms with Gasteiger partial charge in [-0.3, -0.25) is 4.99 Å². The number of aryl methyl sites for hydroxylation is 1. The molecule has 1 saturated carbocycles. The Labute approximate surface area is 146 Å². The van der Waals surface area contributed by atoms with Crippen molar-refractivity contribution in [2.75, 3.05) is 19.6 Å². The molecule has 0 bridgehead atoms. The molecule has 1 heterocycles. The summed E-state index contributed by atoms with van der Waals surface area (Å²) >= 11 is 0. The maximum Gasteiger partial charge on any atom is 0.191 e. The van der Waals surface area contributed by atoms with Gasteiger partial charge in [-0.1, -0.05) is 33.1 Å². The van der Waals surface area contributed by atoms with Crippen molar-refractivity contribution in [1.29, 1.82) is 0 Å². The van der Waals surface area contributed by atoms with Crippen molar-refractivity contribution < 1.29 is 0 Å². The highest BCUT2D eigenvalue weighted by molar-refractivity contribution is 5.79. The van der Waals surface area contributed by atoms with Gasteiger partial charge in [-0.05, 0) is 31.6 Å². The van der Waals surface area contributed by atoms with Crippen LogP contribution in [0.1, 0.15) is 58.7 Å². The molecule has 6 heteroatoms. The van der Waals surface area contributed by atoms with E-state index in [2.05, 4.69) is 46.2 Å². The van der Waals surface area contributed by atoms with Crippen LogP contribution >= 0.6 is 0 Å². The molecule has 2 rings (SSSR count). The van der Waals surface area contributed by atoms with Crippen LogP contribution in [-0.2, 0) is 13.0 Å². The Morgan fingerprint density at radius 1 is 1.33 bits per heavy atom.